The molecule has 1 atom stereocenters. The lowest BCUT2D eigenvalue weighted by molar-refractivity contribution is 0.193. The van der Waals surface area contributed by atoms with Crippen molar-refractivity contribution < 1.29 is 4.74 Å². The third kappa shape index (κ3) is 3.38. The third-order valence-electron chi connectivity index (χ3n) is 2.86. The molecule has 0 bridgehead atoms. The van der Waals surface area contributed by atoms with Crippen LogP contribution in [0, 0.1) is 0 Å². The van der Waals surface area contributed by atoms with Crippen LogP contribution >= 0.6 is 0 Å². The van der Waals surface area contributed by atoms with Crippen LogP contribution in [0.5, 0.6) is 0 Å². The molecule has 1 aliphatic heterocycles. The Kier molecular flexibility index (Phi) is 4.28. The van der Waals surface area contributed by atoms with Crippen LogP contribution in [0.25, 0.3) is 0 Å². The number of rotatable bonds is 5. The van der Waals surface area contributed by atoms with Crippen molar-refractivity contribution in [3.05, 3.63) is 27.9 Å². The molecule has 0 aromatic carbocycles. The number of nitrogens with one attached hydrogen (secondary N) is 2. The van der Waals surface area contributed by atoms with E-state index in [9.17, 15) is 4.79 Å². The van der Waals surface area contributed by atoms with Gasteiger partial charge in [0.2, 0.25) is 0 Å². The van der Waals surface area contributed by atoms with Crippen LogP contribution in [0.2, 0.25) is 0 Å². The first-order valence-corrected chi connectivity index (χ1v) is 6.18. The van der Waals surface area contributed by atoms with Gasteiger partial charge in [-0.2, -0.15) is 0 Å². The number of nitrogens with zero attached hydrogens (tertiary/aromatic N) is 1. The van der Waals surface area contributed by atoms with Crippen molar-refractivity contribution in [2.24, 2.45) is 0 Å². The fraction of sp³-hybridized carbons (Fsp3) is 0.667. The van der Waals surface area contributed by atoms with Gasteiger partial charge >= 0.3 is 0 Å². The molecule has 5 heteroatoms. The van der Waals surface area contributed by atoms with Gasteiger partial charge < -0.3 is 15.0 Å². The molecule has 0 amide bonds. The van der Waals surface area contributed by atoms with Crippen LogP contribution < -0.4 is 10.9 Å². The molecule has 2 rings (SSSR count). The minimum atomic E-state index is -0.0739. The lowest BCUT2D eigenvalue weighted by atomic mass is 10.1. The fourth-order valence-corrected chi connectivity index (χ4v) is 1.96. The van der Waals surface area contributed by atoms with Gasteiger partial charge in [-0.15, -0.1) is 0 Å². The average molecular weight is 237 g/mol. The van der Waals surface area contributed by atoms with Crippen LogP contribution in [0.15, 0.2) is 10.9 Å². The second kappa shape index (κ2) is 5.93. The molecule has 94 valence electrons. The largest absolute Gasteiger partial charge is 0.381 e. The molecule has 1 fully saturated rings. The third-order valence-corrected chi connectivity index (χ3v) is 2.86. The Morgan fingerprint density at radius 3 is 3.24 bits per heavy atom. The van der Waals surface area contributed by atoms with Gasteiger partial charge in [-0.1, -0.05) is 6.92 Å². The van der Waals surface area contributed by atoms with Crippen molar-refractivity contribution in [2.45, 2.75) is 32.2 Å². The summed E-state index contributed by atoms with van der Waals surface area (Å²) in [6.07, 6.45) is 2.02. The van der Waals surface area contributed by atoms with Crippen molar-refractivity contribution in [2.75, 3.05) is 19.8 Å². The standard InChI is InChI=1S/C12H19N3O2/c1-2-4-13-7-10-6-11(16)15-12(14-10)9-3-5-17-8-9/h6,9,13H,2-5,7-8H2,1H3,(H,14,15,16). The summed E-state index contributed by atoms with van der Waals surface area (Å²) in [6.45, 7) is 5.12. The van der Waals surface area contributed by atoms with Crippen LogP contribution in [0.3, 0.4) is 0 Å². The summed E-state index contributed by atoms with van der Waals surface area (Å²) in [7, 11) is 0. The van der Waals surface area contributed by atoms with Gasteiger partial charge in [-0.05, 0) is 19.4 Å². The number of H-pyrrole nitrogens is 1. The molecule has 17 heavy (non-hydrogen) atoms. The van der Waals surface area contributed by atoms with Crippen LogP contribution in [-0.4, -0.2) is 29.7 Å². The van der Waals surface area contributed by atoms with Gasteiger partial charge in [0.15, 0.2) is 0 Å². The van der Waals surface area contributed by atoms with E-state index >= 15 is 0 Å². The Labute approximate surface area is 101 Å². The molecule has 5 nitrogen and oxygen atoms in total. The summed E-state index contributed by atoms with van der Waals surface area (Å²) < 4.78 is 5.31. The van der Waals surface area contributed by atoms with E-state index in [0.29, 0.717) is 13.2 Å². The minimum Gasteiger partial charge on any atom is -0.381 e. The Balaban J connectivity index is 2.08. The monoisotopic (exact) mass is 237 g/mol. The number of aromatic nitrogens is 2. The molecule has 0 spiro atoms. The SMILES string of the molecule is CCCNCc1cc(=O)[nH]c(C2CCOC2)n1. The number of hydrogen-bond donors (Lipinski definition) is 2. The Bertz CT molecular complexity index is 410. The number of aromatic amines is 1. The molecular formula is C12H19N3O2. The maximum absolute atomic E-state index is 11.5. The molecule has 2 heterocycles. The summed E-state index contributed by atoms with van der Waals surface area (Å²) in [5, 5.41) is 3.25. The lowest BCUT2D eigenvalue weighted by Gasteiger charge is -2.09. The quantitative estimate of drug-likeness (QED) is 0.742. The molecule has 1 saturated heterocycles. The molecule has 0 radical (unpaired) electrons. The van der Waals surface area contributed by atoms with E-state index in [2.05, 4.69) is 22.2 Å². The number of ether oxygens (including phenoxy) is 1. The van der Waals surface area contributed by atoms with E-state index in [1.54, 1.807) is 6.07 Å². The molecule has 2 N–H and O–H groups in total. The predicted molar refractivity (Wildman–Crippen MR) is 65.0 cm³/mol. The van der Waals surface area contributed by atoms with Gasteiger partial charge in [0.1, 0.15) is 5.82 Å². The fourth-order valence-electron chi connectivity index (χ4n) is 1.96. The highest BCUT2D eigenvalue weighted by atomic mass is 16.5. The van der Waals surface area contributed by atoms with Crippen molar-refractivity contribution >= 4 is 0 Å². The van der Waals surface area contributed by atoms with E-state index in [4.69, 9.17) is 4.74 Å². The summed E-state index contributed by atoms with van der Waals surface area (Å²) in [5.74, 6) is 1.01. The first kappa shape index (κ1) is 12.3. The summed E-state index contributed by atoms with van der Waals surface area (Å²) in [5.41, 5.74) is 0.735. The Hall–Kier alpha value is -1.20. The van der Waals surface area contributed by atoms with Gasteiger partial charge in [-0.3, -0.25) is 4.79 Å². The zero-order chi connectivity index (χ0) is 12.1. The summed E-state index contributed by atoms with van der Waals surface area (Å²) in [4.78, 5) is 18.8. The highest BCUT2D eigenvalue weighted by molar-refractivity contribution is 5.07. The molecule has 1 aliphatic rings. The average Bonchev–Trinajstić information content (AvgIpc) is 2.82. The molecule has 1 aromatic heterocycles. The second-order valence-electron chi connectivity index (χ2n) is 4.36. The lowest BCUT2D eigenvalue weighted by Crippen LogP contribution is -2.20. The molecule has 1 unspecified atom stereocenters. The van der Waals surface area contributed by atoms with Crippen molar-refractivity contribution in [1.82, 2.24) is 15.3 Å². The van der Waals surface area contributed by atoms with Crippen LogP contribution in [0.1, 0.15) is 37.2 Å². The first-order valence-electron chi connectivity index (χ1n) is 6.18. The van der Waals surface area contributed by atoms with E-state index in [1.807, 2.05) is 0 Å². The summed E-state index contributed by atoms with van der Waals surface area (Å²) in [6, 6.07) is 1.56. The van der Waals surface area contributed by atoms with Gasteiger partial charge in [0.05, 0.1) is 12.3 Å². The van der Waals surface area contributed by atoms with Crippen molar-refractivity contribution in [3.8, 4) is 0 Å². The van der Waals surface area contributed by atoms with E-state index in [0.717, 1.165) is 37.5 Å². The van der Waals surface area contributed by atoms with Crippen molar-refractivity contribution in [1.29, 1.82) is 0 Å². The van der Waals surface area contributed by atoms with Crippen molar-refractivity contribution in [3.63, 3.8) is 0 Å². The molecule has 0 aliphatic carbocycles. The first-order chi connectivity index (χ1) is 8.29. The van der Waals surface area contributed by atoms with Gasteiger partial charge in [-0.25, -0.2) is 4.98 Å². The topological polar surface area (TPSA) is 67.0 Å². The summed E-state index contributed by atoms with van der Waals surface area (Å²) >= 11 is 0. The van der Waals surface area contributed by atoms with Crippen LogP contribution in [0.4, 0.5) is 0 Å². The normalized spacial score (nSPS) is 19.7. The smallest absolute Gasteiger partial charge is 0.251 e. The zero-order valence-electron chi connectivity index (χ0n) is 10.2. The Morgan fingerprint density at radius 2 is 2.53 bits per heavy atom. The van der Waals surface area contributed by atoms with Gasteiger partial charge in [0.25, 0.3) is 5.56 Å². The van der Waals surface area contributed by atoms with E-state index in [1.165, 1.54) is 0 Å². The maximum Gasteiger partial charge on any atom is 0.251 e. The second-order valence-corrected chi connectivity index (χ2v) is 4.36. The number of hydrogen-bond acceptors (Lipinski definition) is 4. The van der Waals surface area contributed by atoms with E-state index < -0.39 is 0 Å². The molecule has 0 saturated carbocycles. The van der Waals surface area contributed by atoms with Crippen LogP contribution in [-0.2, 0) is 11.3 Å². The highest BCUT2D eigenvalue weighted by Gasteiger charge is 2.20. The van der Waals surface area contributed by atoms with E-state index in [-0.39, 0.29) is 11.5 Å². The minimum absolute atomic E-state index is 0.0739. The maximum atomic E-state index is 11.5. The zero-order valence-corrected chi connectivity index (χ0v) is 10.2. The molecular weight excluding hydrogens is 218 g/mol. The Morgan fingerprint density at radius 1 is 1.65 bits per heavy atom. The highest BCUT2D eigenvalue weighted by Crippen LogP contribution is 2.21. The predicted octanol–water partition coefficient (Wildman–Crippen LogP) is 0.773. The molecule has 1 aromatic rings. The van der Waals surface area contributed by atoms with Gasteiger partial charge in [0, 0.05) is 25.1 Å².